The van der Waals surface area contributed by atoms with Crippen molar-refractivity contribution in [2.24, 2.45) is 5.73 Å². The van der Waals surface area contributed by atoms with E-state index in [1.165, 1.54) is 6.07 Å². The molecule has 0 atom stereocenters. The lowest BCUT2D eigenvalue weighted by Crippen LogP contribution is -2.46. The Kier molecular flexibility index (Phi) is 4.13. The average Bonchev–Trinajstić information content (AvgIpc) is 2.17. The summed E-state index contributed by atoms with van der Waals surface area (Å²) in [6.45, 7) is 2.15. The van der Waals surface area contributed by atoms with Crippen LogP contribution < -0.4 is 16.0 Å². The number of nitrogens with one attached hydrogen (secondary N) is 1. The fourth-order valence-corrected chi connectivity index (χ4v) is 1.37. The van der Waals surface area contributed by atoms with Gasteiger partial charge in [-0.25, -0.2) is 14.5 Å². The first kappa shape index (κ1) is 12.3. The van der Waals surface area contributed by atoms with Crippen molar-refractivity contribution in [3.05, 3.63) is 29.3 Å². The van der Waals surface area contributed by atoms with E-state index in [0.717, 1.165) is 4.90 Å². The van der Waals surface area contributed by atoms with Crippen molar-refractivity contribution in [2.45, 2.75) is 6.92 Å². The number of nitrogens with zero attached hydrogens (tertiary/aromatic N) is 1. The Morgan fingerprint density at radius 2 is 2.19 bits per heavy atom. The van der Waals surface area contributed by atoms with Crippen LogP contribution in [0.5, 0.6) is 0 Å². The van der Waals surface area contributed by atoms with E-state index in [-0.39, 0.29) is 0 Å². The first-order chi connectivity index (χ1) is 7.56. The van der Waals surface area contributed by atoms with E-state index >= 15 is 0 Å². The summed E-state index contributed by atoms with van der Waals surface area (Å²) in [6, 6.07) is 4.91. The van der Waals surface area contributed by atoms with Gasteiger partial charge in [-0.15, -0.1) is 0 Å². The third-order valence-electron chi connectivity index (χ3n) is 1.82. The summed E-state index contributed by atoms with van der Waals surface area (Å²) < 4.78 is 0. The molecule has 0 aliphatic heterocycles. The second kappa shape index (κ2) is 5.37. The van der Waals surface area contributed by atoms with E-state index < -0.39 is 12.1 Å². The third kappa shape index (κ3) is 2.87. The molecule has 0 aliphatic rings. The number of nitrogens with two attached hydrogens (primary N) is 1. The number of hydrogen-bond donors (Lipinski definition) is 2. The van der Waals surface area contributed by atoms with E-state index in [1.807, 2.05) is 0 Å². The number of carbonyl (C=O) groups excluding carboxylic acids is 2. The summed E-state index contributed by atoms with van der Waals surface area (Å²) in [5, 5.41) is 2.91. The van der Waals surface area contributed by atoms with Gasteiger partial charge in [-0.05, 0) is 25.1 Å². The van der Waals surface area contributed by atoms with Gasteiger partial charge < -0.3 is 11.1 Å². The van der Waals surface area contributed by atoms with Crippen LogP contribution in [0.2, 0.25) is 5.02 Å². The van der Waals surface area contributed by atoms with Crippen LogP contribution in [0.25, 0.3) is 0 Å². The highest BCUT2D eigenvalue weighted by molar-refractivity contribution is 6.31. The molecule has 5 nitrogen and oxygen atoms in total. The van der Waals surface area contributed by atoms with E-state index in [1.54, 1.807) is 25.1 Å². The number of amides is 4. The number of halogens is 1. The smallest absolute Gasteiger partial charge is 0.330 e. The van der Waals surface area contributed by atoms with Crippen molar-refractivity contribution in [1.29, 1.82) is 0 Å². The lowest BCUT2D eigenvalue weighted by atomic mass is 10.3. The molecule has 1 aromatic rings. The van der Waals surface area contributed by atoms with Gasteiger partial charge >= 0.3 is 12.1 Å². The molecule has 0 aromatic heterocycles. The number of carbonyl (C=O) groups is 2. The zero-order chi connectivity index (χ0) is 12.1. The molecule has 0 saturated carbocycles. The second-order valence-corrected chi connectivity index (χ2v) is 3.43. The summed E-state index contributed by atoms with van der Waals surface area (Å²) in [7, 11) is 0. The minimum Gasteiger partial charge on any atom is -0.351 e. The lowest BCUT2D eigenvalue weighted by molar-refractivity contribution is 0.238. The number of urea groups is 2. The summed E-state index contributed by atoms with van der Waals surface area (Å²) in [5.41, 5.74) is 5.47. The third-order valence-corrected chi connectivity index (χ3v) is 2.05. The molecule has 0 aliphatic carbocycles. The monoisotopic (exact) mass is 241 g/mol. The van der Waals surface area contributed by atoms with E-state index in [0.29, 0.717) is 17.3 Å². The normalized spacial score (nSPS) is 9.62. The van der Waals surface area contributed by atoms with E-state index in [4.69, 9.17) is 17.3 Å². The average molecular weight is 242 g/mol. The molecule has 0 unspecified atom stereocenters. The maximum absolute atomic E-state index is 11.6. The Morgan fingerprint density at radius 1 is 1.50 bits per heavy atom. The molecule has 3 N–H and O–H groups in total. The zero-order valence-electron chi connectivity index (χ0n) is 8.74. The summed E-state index contributed by atoms with van der Waals surface area (Å²) in [5.74, 6) is 0. The van der Waals surface area contributed by atoms with Gasteiger partial charge in [-0.2, -0.15) is 0 Å². The molecular formula is C10H12ClN3O2. The molecule has 0 heterocycles. The van der Waals surface area contributed by atoms with Crippen LogP contribution in [0.15, 0.2) is 24.3 Å². The van der Waals surface area contributed by atoms with Gasteiger partial charge in [0.2, 0.25) is 0 Å². The maximum atomic E-state index is 11.6. The minimum absolute atomic E-state index is 0.339. The molecule has 1 aromatic carbocycles. The number of primary amides is 1. The molecule has 0 saturated heterocycles. The lowest BCUT2D eigenvalue weighted by Gasteiger charge is -2.18. The number of benzene rings is 1. The number of imide groups is 1. The highest BCUT2D eigenvalue weighted by Gasteiger charge is 2.20. The predicted molar refractivity (Wildman–Crippen MR) is 62.6 cm³/mol. The maximum Gasteiger partial charge on any atom is 0.330 e. The summed E-state index contributed by atoms with van der Waals surface area (Å²) in [4.78, 5) is 23.6. The van der Waals surface area contributed by atoms with Gasteiger partial charge in [-0.1, -0.05) is 17.7 Å². The summed E-state index contributed by atoms with van der Waals surface area (Å²) >= 11 is 5.76. The van der Waals surface area contributed by atoms with Crippen molar-refractivity contribution >= 4 is 29.4 Å². The molecule has 16 heavy (non-hydrogen) atoms. The van der Waals surface area contributed by atoms with E-state index in [2.05, 4.69) is 5.32 Å². The van der Waals surface area contributed by atoms with E-state index in [9.17, 15) is 9.59 Å². The first-order valence-electron chi connectivity index (χ1n) is 4.69. The molecule has 0 fully saturated rings. The summed E-state index contributed by atoms with van der Waals surface area (Å²) in [6.07, 6.45) is 0. The van der Waals surface area contributed by atoms with Crippen LogP contribution in [-0.2, 0) is 0 Å². The van der Waals surface area contributed by atoms with Gasteiger partial charge in [0, 0.05) is 11.6 Å². The Hall–Kier alpha value is -1.75. The zero-order valence-corrected chi connectivity index (χ0v) is 9.49. The van der Waals surface area contributed by atoms with Gasteiger partial charge in [0.1, 0.15) is 0 Å². The van der Waals surface area contributed by atoms with Crippen LogP contribution in [0, 0.1) is 0 Å². The van der Waals surface area contributed by atoms with Crippen LogP contribution in [0.4, 0.5) is 15.3 Å². The first-order valence-corrected chi connectivity index (χ1v) is 5.07. The van der Waals surface area contributed by atoms with Crippen LogP contribution in [0.1, 0.15) is 6.92 Å². The van der Waals surface area contributed by atoms with Crippen molar-refractivity contribution in [3.8, 4) is 0 Å². The second-order valence-electron chi connectivity index (χ2n) is 2.99. The van der Waals surface area contributed by atoms with Crippen molar-refractivity contribution in [2.75, 3.05) is 11.4 Å². The fourth-order valence-electron chi connectivity index (χ4n) is 1.19. The van der Waals surface area contributed by atoms with Gasteiger partial charge in [0.25, 0.3) is 0 Å². The largest absolute Gasteiger partial charge is 0.351 e. The van der Waals surface area contributed by atoms with Crippen molar-refractivity contribution in [1.82, 2.24) is 5.32 Å². The highest BCUT2D eigenvalue weighted by atomic mass is 35.5. The van der Waals surface area contributed by atoms with Crippen LogP contribution in [0.3, 0.4) is 0 Å². The molecule has 0 radical (unpaired) electrons. The van der Waals surface area contributed by atoms with Crippen molar-refractivity contribution < 1.29 is 9.59 Å². The number of anilines is 1. The Labute approximate surface area is 98.2 Å². The molecule has 6 heteroatoms. The molecule has 1 rings (SSSR count). The van der Waals surface area contributed by atoms with Crippen LogP contribution in [-0.4, -0.2) is 18.6 Å². The number of rotatable bonds is 2. The van der Waals surface area contributed by atoms with Gasteiger partial charge in [0.05, 0.1) is 5.69 Å². The number of hydrogen-bond acceptors (Lipinski definition) is 2. The molecule has 0 bridgehead atoms. The molecule has 86 valence electrons. The molecule has 0 spiro atoms. The standard InChI is InChI=1S/C10H12ClN3O2/c1-2-13-10(16)14(9(12)15)8-5-3-4-7(11)6-8/h3-6H,2H2,1H3,(H2,12,15)(H,13,16). The Morgan fingerprint density at radius 3 is 2.69 bits per heavy atom. The molecular weight excluding hydrogens is 230 g/mol. The predicted octanol–water partition coefficient (Wildman–Crippen LogP) is 1.95. The topological polar surface area (TPSA) is 75.4 Å². The van der Waals surface area contributed by atoms with Crippen molar-refractivity contribution in [3.63, 3.8) is 0 Å². The van der Waals surface area contributed by atoms with Gasteiger partial charge in [0.15, 0.2) is 0 Å². The van der Waals surface area contributed by atoms with Crippen LogP contribution >= 0.6 is 11.6 Å². The quantitative estimate of drug-likeness (QED) is 0.830. The SMILES string of the molecule is CCNC(=O)N(C(N)=O)c1cccc(Cl)c1. The Bertz CT molecular complexity index is 409. The molecule has 4 amide bonds. The highest BCUT2D eigenvalue weighted by Crippen LogP contribution is 2.19. The van der Waals surface area contributed by atoms with Gasteiger partial charge in [-0.3, -0.25) is 0 Å². The Balaban J connectivity index is 3.03. The fraction of sp³-hybridized carbons (Fsp3) is 0.200. The minimum atomic E-state index is -0.854.